The lowest BCUT2D eigenvalue weighted by molar-refractivity contribution is 0.0527. The van der Waals surface area contributed by atoms with Crippen molar-refractivity contribution in [1.82, 2.24) is 9.55 Å². The summed E-state index contributed by atoms with van der Waals surface area (Å²) in [5.74, 6) is -2.24. The molecule has 10 heteroatoms. The van der Waals surface area contributed by atoms with Crippen LogP contribution in [0, 0.1) is 5.82 Å². The molecule has 0 saturated heterocycles. The minimum absolute atomic E-state index is 0.0192. The number of para-hydroxylation sites is 1. The standard InChI is InChI=1S/C20H15ClFN3O5/c1-2-30-19(28)12-5-3-4-6-16(12)24-17(26)13-10-23-20(29)25(18(13)27)11-7-8-15(22)14(21)9-11/h3-10H,2H2,1H3,(H,23,29)(H,24,26). The quantitative estimate of drug-likeness (QED) is 0.603. The Morgan fingerprint density at radius 3 is 2.60 bits per heavy atom. The molecule has 0 aliphatic carbocycles. The van der Waals surface area contributed by atoms with Crippen LogP contribution in [-0.4, -0.2) is 28.0 Å². The number of H-pyrrole nitrogens is 1. The summed E-state index contributed by atoms with van der Waals surface area (Å²) in [5, 5.41) is 2.17. The fraction of sp³-hybridized carbons (Fsp3) is 0.100. The number of halogens is 2. The third-order valence-corrected chi connectivity index (χ3v) is 4.34. The van der Waals surface area contributed by atoms with Crippen LogP contribution < -0.4 is 16.6 Å². The van der Waals surface area contributed by atoms with Gasteiger partial charge in [-0.2, -0.15) is 0 Å². The second-order valence-corrected chi connectivity index (χ2v) is 6.37. The molecule has 1 heterocycles. The van der Waals surface area contributed by atoms with Crippen LogP contribution in [0.5, 0.6) is 0 Å². The highest BCUT2D eigenvalue weighted by molar-refractivity contribution is 6.30. The molecule has 30 heavy (non-hydrogen) atoms. The summed E-state index contributed by atoms with van der Waals surface area (Å²) < 4.78 is 19.0. The van der Waals surface area contributed by atoms with E-state index in [1.807, 2.05) is 0 Å². The molecule has 8 nitrogen and oxygen atoms in total. The first-order valence-corrected chi connectivity index (χ1v) is 9.09. The lowest BCUT2D eigenvalue weighted by Crippen LogP contribution is -2.38. The normalized spacial score (nSPS) is 10.5. The van der Waals surface area contributed by atoms with Gasteiger partial charge in [-0.3, -0.25) is 9.59 Å². The van der Waals surface area contributed by atoms with Gasteiger partial charge < -0.3 is 15.0 Å². The van der Waals surface area contributed by atoms with E-state index in [9.17, 15) is 23.6 Å². The van der Waals surface area contributed by atoms with Gasteiger partial charge >= 0.3 is 11.7 Å². The monoisotopic (exact) mass is 431 g/mol. The van der Waals surface area contributed by atoms with Gasteiger partial charge in [0.25, 0.3) is 11.5 Å². The molecule has 1 aromatic heterocycles. The number of rotatable bonds is 5. The molecule has 0 bridgehead atoms. The molecule has 154 valence electrons. The van der Waals surface area contributed by atoms with Gasteiger partial charge in [0.05, 0.1) is 28.6 Å². The zero-order valence-electron chi connectivity index (χ0n) is 15.6. The topological polar surface area (TPSA) is 110 Å². The third kappa shape index (κ3) is 4.15. The lowest BCUT2D eigenvalue weighted by atomic mass is 10.1. The maximum Gasteiger partial charge on any atom is 0.340 e. The number of anilines is 1. The molecule has 0 unspecified atom stereocenters. The van der Waals surface area contributed by atoms with Crippen molar-refractivity contribution in [2.24, 2.45) is 0 Å². The Labute approximate surface area is 173 Å². The van der Waals surface area contributed by atoms with Crippen LogP contribution in [0.2, 0.25) is 5.02 Å². The molecule has 0 aliphatic heterocycles. The predicted molar refractivity (Wildman–Crippen MR) is 108 cm³/mol. The van der Waals surface area contributed by atoms with Crippen LogP contribution in [0.4, 0.5) is 10.1 Å². The summed E-state index contributed by atoms with van der Waals surface area (Å²) in [5.41, 5.74) is -1.99. The van der Waals surface area contributed by atoms with Crippen LogP contribution >= 0.6 is 11.6 Å². The van der Waals surface area contributed by atoms with Gasteiger partial charge in [0.1, 0.15) is 11.4 Å². The van der Waals surface area contributed by atoms with Crippen molar-refractivity contribution < 1.29 is 18.7 Å². The van der Waals surface area contributed by atoms with Crippen LogP contribution in [0.1, 0.15) is 27.6 Å². The summed E-state index contributed by atoms with van der Waals surface area (Å²) in [6, 6.07) is 9.36. The molecule has 3 aromatic rings. The molecular formula is C20H15ClFN3O5. The van der Waals surface area contributed by atoms with E-state index < -0.39 is 34.5 Å². The predicted octanol–water partition coefficient (Wildman–Crippen LogP) is 2.75. The molecular weight excluding hydrogens is 417 g/mol. The molecule has 3 rings (SSSR count). The number of aromatic nitrogens is 2. The van der Waals surface area contributed by atoms with Gasteiger partial charge in [-0.25, -0.2) is 18.5 Å². The smallest absolute Gasteiger partial charge is 0.340 e. The van der Waals surface area contributed by atoms with Crippen LogP contribution in [0.15, 0.2) is 58.3 Å². The number of ether oxygens (including phenoxy) is 1. The Kier molecular flexibility index (Phi) is 6.12. The van der Waals surface area contributed by atoms with Crippen molar-refractivity contribution in [2.75, 3.05) is 11.9 Å². The summed E-state index contributed by atoms with van der Waals surface area (Å²) in [6.45, 7) is 1.79. The maximum absolute atomic E-state index is 13.4. The Bertz CT molecular complexity index is 1250. The number of amides is 1. The maximum atomic E-state index is 13.4. The molecule has 0 radical (unpaired) electrons. The number of aromatic amines is 1. The van der Waals surface area contributed by atoms with E-state index in [0.29, 0.717) is 4.57 Å². The number of carbonyl (C=O) groups is 2. The molecule has 2 N–H and O–H groups in total. The van der Waals surface area contributed by atoms with Crippen LogP contribution in [0.25, 0.3) is 5.69 Å². The minimum atomic E-state index is -0.951. The summed E-state index contributed by atoms with van der Waals surface area (Å²) in [4.78, 5) is 52.0. The average Bonchev–Trinajstić information content (AvgIpc) is 2.71. The van der Waals surface area contributed by atoms with E-state index in [0.717, 1.165) is 18.3 Å². The van der Waals surface area contributed by atoms with Crippen molar-refractivity contribution in [1.29, 1.82) is 0 Å². The largest absolute Gasteiger partial charge is 0.462 e. The third-order valence-electron chi connectivity index (χ3n) is 4.05. The molecule has 0 atom stereocenters. The Hall–Kier alpha value is -3.72. The molecule has 0 aliphatic rings. The van der Waals surface area contributed by atoms with Gasteiger partial charge in [0, 0.05) is 6.20 Å². The van der Waals surface area contributed by atoms with Crippen LogP contribution in [-0.2, 0) is 4.74 Å². The molecule has 0 fully saturated rings. The van der Waals surface area contributed by atoms with E-state index in [1.165, 1.54) is 18.2 Å². The van der Waals surface area contributed by atoms with Crippen molar-refractivity contribution in [3.05, 3.63) is 91.5 Å². The Morgan fingerprint density at radius 1 is 1.17 bits per heavy atom. The van der Waals surface area contributed by atoms with Crippen LogP contribution in [0.3, 0.4) is 0 Å². The fourth-order valence-corrected chi connectivity index (χ4v) is 2.84. The number of benzene rings is 2. The Balaban J connectivity index is 2.01. The van der Waals surface area contributed by atoms with E-state index in [1.54, 1.807) is 19.1 Å². The van der Waals surface area contributed by atoms with E-state index in [4.69, 9.17) is 16.3 Å². The first-order chi connectivity index (χ1) is 14.3. The number of nitrogens with zero attached hydrogens (tertiary/aromatic N) is 1. The van der Waals surface area contributed by atoms with Crippen molar-refractivity contribution in [3.63, 3.8) is 0 Å². The number of hydrogen-bond donors (Lipinski definition) is 2. The van der Waals surface area contributed by atoms with E-state index >= 15 is 0 Å². The Morgan fingerprint density at radius 2 is 1.90 bits per heavy atom. The highest BCUT2D eigenvalue weighted by atomic mass is 35.5. The average molecular weight is 432 g/mol. The number of carbonyl (C=O) groups excluding carboxylic acids is 2. The fourth-order valence-electron chi connectivity index (χ4n) is 2.66. The van der Waals surface area contributed by atoms with Gasteiger partial charge in [-0.1, -0.05) is 23.7 Å². The van der Waals surface area contributed by atoms with Crippen molar-refractivity contribution in [2.45, 2.75) is 6.92 Å². The van der Waals surface area contributed by atoms with Gasteiger partial charge in [0.2, 0.25) is 0 Å². The summed E-state index contributed by atoms with van der Waals surface area (Å²) in [6.07, 6.45) is 0.953. The minimum Gasteiger partial charge on any atom is -0.462 e. The second-order valence-electron chi connectivity index (χ2n) is 5.97. The van der Waals surface area contributed by atoms with Gasteiger partial charge in [0.15, 0.2) is 0 Å². The molecule has 2 aromatic carbocycles. The molecule has 0 saturated carbocycles. The van der Waals surface area contributed by atoms with Gasteiger partial charge in [-0.05, 0) is 37.3 Å². The van der Waals surface area contributed by atoms with E-state index in [2.05, 4.69) is 10.3 Å². The highest BCUT2D eigenvalue weighted by Gasteiger charge is 2.19. The van der Waals surface area contributed by atoms with Gasteiger partial charge in [-0.15, -0.1) is 0 Å². The first kappa shape index (κ1) is 21.0. The lowest BCUT2D eigenvalue weighted by Gasteiger charge is -2.11. The number of esters is 1. The number of hydrogen-bond acceptors (Lipinski definition) is 5. The highest BCUT2D eigenvalue weighted by Crippen LogP contribution is 2.18. The molecule has 1 amide bonds. The zero-order chi connectivity index (χ0) is 21.8. The number of nitrogens with one attached hydrogen (secondary N) is 2. The first-order valence-electron chi connectivity index (χ1n) is 8.71. The second kappa shape index (κ2) is 8.75. The summed E-state index contributed by atoms with van der Waals surface area (Å²) in [7, 11) is 0. The SMILES string of the molecule is CCOC(=O)c1ccccc1NC(=O)c1c[nH]c(=O)n(-c2ccc(F)c(Cl)c2)c1=O. The van der Waals surface area contributed by atoms with E-state index in [-0.39, 0.29) is 28.6 Å². The van der Waals surface area contributed by atoms with Crippen molar-refractivity contribution in [3.8, 4) is 5.69 Å². The molecule has 0 spiro atoms. The van der Waals surface area contributed by atoms with Crippen molar-refractivity contribution >= 4 is 29.2 Å². The zero-order valence-corrected chi connectivity index (χ0v) is 16.3. The summed E-state index contributed by atoms with van der Waals surface area (Å²) >= 11 is 5.73.